The third-order valence-corrected chi connectivity index (χ3v) is 4.79. The zero-order valence-corrected chi connectivity index (χ0v) is 16.2. The lowest BCUT2D eigenvalue weighted by Crippen LogP contribution is -2.21. The molecular formula is C24H20N4O2. The van der Waals surface area contributed by atoms with Crippen LogP contribution in [0.3, 0.4) is 0 Å². The van der Waals surface area contributed by atoms with Crippen molar-refractivity contribution in [3.63, 3.8) is 0 Å². The van der Waals surface area contributed by atoms with Crippen molar-refractivity contribution in [1.29, 1.82) is 5.26 Å². The summed E-state index contributed by atoms with van der Waals surface area (Å²) in [5.74, 6) is 0.340. The van der Waals surface area contributed by atoms with Crippen molar-refractivity contribution in [3.05, 3.63) is 90.5 Å². The van der Waals surface area contributed by atoms with Gasteiger partial charge >= 0.3 is 0 Å². The number of hydrazone groups is 1. The Morgan fingerprint density at radius 1 is 1.03 bits per heavy atom. The smallest absolute Gasteiger partial charge is 0.271 e. The number of anilines is 2. The van der Waals surface area contributed by atoms with Crippen molar-refractivity contribution in [2.75, 3.05) is 16.9 Å². The molecule has 1 heterocycles. The first-order valence-electron chi connectivity index (χ1n) is 9.62. The maximum absolute atomic E-state index is 12.9. The molecule has 0 radical (unpaired) electrons. The van der Waals surface area contributed by atoms with E-state index in [0.29, 0.717) is 23.6 Å². The number of ether oxygens (including phenoxy) is 1. The highest BCUT2D eigenvalue weighted by atomic mass is 16.5. The van der Waals surface area contributed by atoms with Crippen LogP contribution < -0.4 is 15.1 Å². The monoisotopic (exact) mass is 396 g/mol. The Bertz CT molecular complexity index is 1070. The molecule has 1 N–H and O–H groups in total. The van der Waals surface area contributed by atoms with Crippen molar-refractivity contribution in [2.24, 2.45) is 5.10 Å². The fraction of sp³-hybridized carbons (Fsp3) is 0.125. The summed E-state index contributed by atoms with van der Waals surface area (Å²) in [7, 11) is 0. The van der Waals surface area contributed by atoms with Crippen LogP contribution in [0.1, 0.15) is 18.0 Å². The van der Waals surface area contributed by atoms with Crippen LogP contribution in [0.5, 0.6) is 5.75 Å². The van der Waals surface area contributed by atoms with Gasteiger partial charge in [0, 0.05) is 12.1 Å². The maximum atomic E-state index is 12.9. The molecule has 30 heavy (non-hydrogen) atoms. The van der Waals surface area contributed by atoms with Crippen molar-refractivity contribution < 1.29 is 9.53 Å². The Morgan fingerprint density at radius 2 is 1.70 bits per heavy atom. The minimum Gasteiger partial charge on any atom is -0.479 e. The van der Waals surface area contributed by atoms with E-state index in [0.717, 1.165) is 11.3 Å². The molecule has 0 aromatic heterocycles. The van der Waals surface area contributed by atoms with Crippen LogP contribution in [0, 0.1) is 11.3 Å². The molecule has 1 atom stereocenters. The fourth-order valence-corrected chi connectivity index (χ4v) is 3.35. The standard InChI is InChI=1S/C24H20N4O2/c25-15-16-30-21-13-11-19(12-14-21)26-24(29)22-17-23(18-7-3-1-4-8-18)28(27-22)20-9-5-2-6-10-20/h1-14,23H,16-17H2,(H,26,29). The van der Waals surface area contributed by atoms with Crippen molar-refractivity contribution in [3.8, 4) is 11.8 Å². The lowest BCUT2D eigenvalue weighted by Gasteiger charge is -2.23. The molecule has 3 aromatic carbocycles. The summed E-state index contributed by atoms with van der Waals surface area (Å²) in [4.78, 5) is 12.9. The van der Waals surface area contributed by atoms with E-state index in [-0.39, 0.29) is 18.6 Å². The van der Waals surface area contributed by atoms with Gasteiger partial charge in [-0.05, 0) is 42.0 Å². The number of nitrogens with one attached hydrogen (secondary N) is 1. The molecule has 1 unspecified atom stereocenters. The van der Waals surface area contributed by atoms with Crippen LogP contribution in [-0.4, -0.2) is 18.2 Å². The molecule has 1 aliphatic rings. The molecule has 1 aliphatic heterocycles. The number of nitrogens with zero attached hydrogens (tertiary/aromatic N) is 3. The Balaban J connectivity index is 1.53. The van der Waals surface area contributed by atoms with Gasteiger partial charge in [-0.1, -0.05) is 48.5 Å². The number of benzene rings is 3. The van der Waals surface area contributed by atoms with Gasteiger partial charge in [0.05, 0.1) is 11.7 Å². The van der Waals surface area contributed by atoms with Gasteiger partial charge in [0.15, 0.2) is 6.61 Å². The van der Waals surface area contributed by atoms with Gasteiger partial charge < -0.3 is 10.1 Å². The Labute approximate surface area is 175 Å². The van der Waals surface area contributed by atoms with Gasteiger partial charge in [-0.25, -0.2) is 0 Å². The molecule has 0 spiro atoms. The van der Waals surface area contributed by atoms with Gasteiger partial charge in [-0.15, -0.1) is 0 Å². The molecule has 4 rings (SSSR count). The third kappa shape index (κ3) is 4.31. The second-order valence-electron chi connectivity index (χ2n) is 6.78. The molecule has 0 aliphatic carbocycles. The summed E-state index contributed by atoms with van der Waals surface area (Å²) in [6.07, 6.45) is 0.508. The Kier molecular flexibility index (Phi) is 5.72. The van der Waals surface area contributed by atoms with Crippen LogP contribution in [-0.2, 0) is 4.79 Å². The first-order valence-corrected chi connectivity index (χ1v) is 9.62. The summed E-state index contributed by atoms with van der Waals surface area (Å²) in [6, 6.07) is 28.7. The van der Waals surface area contributed by atoms with Crippen molar-refractivity contribution in [1.82, 2.24) is 0 Å². The van der Waals surface area contributed by atoms with Crippen LogP contribution in [0.4, 0.5) is 11.4 Å². The number of rotatable bonds is 6. The molecule has 148 valence electrons. The Morgan fingerprint density at radius 3 is 2.37 bits per heavy atom. The van der Waals surface area contributed by atoms with E-state index < -0.39 is 0 Å². The lowest BCUT2D eigenvalue weighted by molar-refractivity contribution is -0.110. The maximum Gasteiger partial charge on any atom is 0.271 e. The topological polar surface area (TPSA) is 77.7 Å². The summed E-state index contributed by atoms with van der Waals surface area (Å²) in [5.41, 5.74) is 3.15. The van der Waals surface area contributed by atoms with Crippen LogP contribution >= 0.6 is 0 Å². The van der Waals surface area contributed by atoms with Gasteiger partial charge in [-0.3, -0.25) is 9.80 Å². The predicted octanol–water partition coefficient (Wildman–Crippen LogP) is 4.54. The largest absolute Gasteiger partial charge is 0.479 e. The van der Waals surface area contributed by atoms with Crippen LogP contribution in [0.2, 0.25) is 0 Å². The normalized spacial score (nSPS) is 15.2. The molecule has 0 saturated carbocycles. The number of nitriles is 1. The minimum atomic E-state index is -0.236. The molecular weight excluding hydrogens is 376 g/mol. The third-order valence-electron chi connectivity index (χ3n) is 4.79. The van der Waals surface area contributed by atoms with E-state index in [4.69, 9.17) is 10.00 Å². The van der Waals surface area contributed by atoms with E-state index in [9.17, 15) is 4.79 Å². The van der Waals surface area contributed by atoms with Crippen LogP contribution in [0.15, 0.2) is 90.0 Å². The molecule has 1 amide bonds. The second kappa shape index (κ2) is 8.93. The lowest BCUT2D eigenvalue weighted by atomic mass is 10.0. The molecule has 3 aromatic rings. The number of para-hydroxylation sites is 1. The van der Waals surface area contributed by atoms with Crippen molar-refractivity contribution in [2.45, 2.75) is 12.5 Å². The zero-order valence-electron chi connectivity index (χ0n) is 16.2. The van der Waals surface area contributed by atoms with E-state index in [1.807, 2.05) is 59.6 Å². The summed E-state index contributed by atoms with van der Waals surface area (Å²) in [5, 5.41) is 18.0. The highest BCUT2D eigenvalue weighted by Crippen LogP contribution is 2.35. The summed E-state index contributed by atoms with van der Waals surface area (Å²) < 4.78 is 5.24. The van der Waals surface area contributed by atoms with Gasteiger partial charge in [0.1, 0.15) is 17.5 Å². The Hall–Kier alpha value is -4.11. The number of amides is 1. The number of hydrogen-bond acceptors (Lipinski definition) is 5. The minimum absolute atomic E-state index is 0.0152. The van der Waals surface area contributed by atoms with E-state index in [1.54, 1.807) is 24.3 Å². The number of carbonyl (C=O) groups is 1. The molecule has 6 nitrogen and oxygen atoms in total. The predicted molar refractivity (Wildman–Crippen MR) is 116 cm³/mol. The van der Waals surface area contributed by atoms with Gasteiger partial charge in [-0.2, -0.15) is 10.4 Å². The zero-order chi connectivity index (χ0) is 20.8. The SMILES string of the molecule is N#CCOc1ccc(NC(=O)C2=NN(c3ccccc3)C(c3ccccc3)C2)cc1. The highest BCUT2D eigenvalue weighted by molar-refractivity contribution is 6.43. The fourth-order valence-electron chi connectivity index (χ4n) is 3.35. The second-order valence-corrected chi connectivity index (χ2v) is 6.78. The highest BCUT2D eigenvalue weighted by Gasteiger charge is 2.32. The van der Waals surface area contributed by atoms with E-state index >= 15 is 0 Å². The summed E-state index contributed by atoms with van der Waals surface area (Å²) in [6.45, 7) is -0.0152. The average molecular weight is 396 g/mol. The molecule has 6 heteroatoms. The van der Waals surface area contributed by atoms with Crippen LogP contribution in [0.25, 0.3) is 0 Å². The quantitative estimate of drug-likeness (QED) is 0.664. The van der Waals surface area contributed by atoms with Gasteiger partial charge in [0.25, 0.3) is 5.91 Å². The summed E-state index contributed by atoms with van der Waals surface area (Å²) >= 11 is 0. The van der Waals surface area contributed by atoms with E-state index in [1.165, 1.54) is 0 Å². The molecule has 0 bridgehead atoms. The molecule has 0 fully saturated rings. The molecule has 0 saturated heterocycles. The van der Waals surface area contributed by atoms with Gasteiger partial charge in [0.2, 0.25) is 0 Å². The average Bonchev–Trinajstić information content (AvgIpc) is 3.26. The van der Waals surface area contributed by atoms with Crippen molar-refractivity contribution >= 4 is 23.0 Å². The first kappa shape index (κ1) is 19.2. The number of hydrogen-bond donors (Lipinski definition) is 1. The first-order chi connectivity index (χ1) is 14.7. The number of carbonyl (C=O) groups excluding carboxylic acids is 1. The van der Waals surface area contributed by atoms with E-state index in [2.05, 4.69) is 22.6 Å².